The Kier molecular flexibility index (Phi) is 7.69. The number of hydrogen-bond donors (Lipinski definition) is 1. The van der Waals surface area contributed by atoms with E-state index in [-0.39, 0.29) is 4.90 Å². The Morgan fingerprint density at radius 3 is 1.83 bits per heavy atom. The fourth-order valence-corrected chi connectivity index (χ4v) is 2.48. The summed E-state index contributed by atoms with van der Waals surface area (Å²) in [6.45, 7) is 8.57. The molecular formula is C13H23O3PS. The molecule has 0 radical (unpaired) electrons. The molecule has 0 aromatic heterocycles. The monoisotopic (exact) mass is 290 g/mol. The van der Waals surface area contributed by atoms with Crippen molar-refractivity contribution in [1.82, 2.24) is 0 Å². The summed E-state index contributed by atoms with van der Waals surface area (Å²) in [7, 11) is -1.22. The van der Waals surface area contributed by atoms with E-state index in [0.717, 1.165) is 17.1 Å². The van der Waals surface area contributed by atoms with Crippen LogP contribution in [0.25, 0.3) is 0 Å². The van der Waals surface area contributed by atoms with Gasteiger partial charge in [0.25, 0.3) is 10.1 Å². The number of hydrogen-bond acceptors (Lipinski definition) is 2. The van der Waals surface area contributed by atoms with Gasteiger partial charge in [-0.15, -0.1) is 9.24 Å². The van der Waals surface area contributed by atoms with E-state index in [2.05, 4.69) is 30.0 Å². The Morgan fingerprint density at radius 2 is 1.61 bits per heavy atom. The van der Waals surface area contributed by atoms with Crippen molar-refractivity contribution in [2.45, 2.75) is 44.7 Å². The van der Waals surface area contributed by atoms with Crippen LogP contribution in [-0.2, 0) is 10.1 Å². The fraction of sp³-hybridized carbons (Fsp3) is 0.538. The third-order valence-electron chi connectivity index (χ3n) is 2.16. The quantitative estimate of drug-likeness (QED) is 0.684. The summed E-state index contributed by atoms with van der Waals surface area (Å²) >= 11 is 0. The Labute approximate surface area is 113 Å². The molecule has 0 aliphatic rings. The topological polar surface area (TPSA) is 54.4 Å². The number of benzene rings is 1. The lowest BCUT2D eigenvalue weighted by Crippen LogP contribution is -1.96. The van der Waals surface area contributed by atoms with Gasteiger partial charge in [-0.1, -0.05) is 38.5 Å². The lowest BCUT2D eigenvalue weighted by Gasteiger charge is -2.05. The van der Waals surface area contributed by atoms with Gasteiger partial charge in [-0.25, -0.2) is 0 Å². The number of rotatable bonds is 3. The zero-order chi connectivity index (χ0) is 14.3. The van der Waals surface area contributed by atoms with Gasteiger partial charge >= 0.3 is 0 Å². The van der Waals surface area contributed by atoms with E-state index in [1.165, 1.54) is 18.6 Å². The molecule has 5 heteroatoms. The molecular weight excluding hydrogens is 267 g/mol. The molecule has 2 unspecified atom stereocenters. The molecule has 0 fully saturated rings. The van der Waals surface area contributed by atoms with Gasteiger partial charge in [0.2, 0.25) is 0 Å². The van der Waals surface area contributed by atoms with E-state index in [1.807, 2.05) is 6.92 Å². The van der Waals surface area contributed by atoms with E-state index in [4.69, 9.17) is 4.55 Å². The van der Waals surface area contributed by atoms with Crippen LogP contribution in [0.15, 0.2) is 29.2 Å². The molecule has 2 atom stereocenters. The van der Waals surface area contributed by atoms with Crippen LogP contribution in [-0.4, -0.2) is 18.6 Å². The van der Waals surface area contributed by atoms with Crippen LogP contribution >= 0.6 is 9.24 Å². The fourth-order valence-electron chi connectivity index (χ4n) is 1.45. The molecule has 104 valence electrons. The molecule has 0 heterocycles. The first-order chi connectivity index (χ1) is 8.12. The summed E-state index contributed by atoms with van der Waals surface area (Å²) in [6, 6.07) is 5.99. The van der Waals surface area contributed by atoms with Crippen LogP contribution in [0.4, 0.5) is 0 Å². The van der Waals surface area contributed by atoms with Crippen LogP contribution in [0.3, 0.4) is 0 Å². The third kappa shape index (κ3) is 8.62. The molecule has 1 aromatic rings. The van der Waals surface area contributed by atoms with E-state index in [1.54, 1.807) is 12.1 Å². The minimum atomic E-state index is -4.02. The molecule has 1 aromatic carbocycles. The second kappa shape index (κ2) is 7.88. The molecule has 0 aliphatic carbocycles. The van der Waals surface area contributed by atoms with Crippen molar-refractivity contribution < 1.29 is 13.0 Å². The van der Waals surface area contributed by atoms with E-state index >= 15 is 0 Å². The predicted molar refractivity (Wildman–Crippen MR) is 79.6 cm³/mol. The predicted octanol–water partition coefficient (Wildman–Crippen LogP) is 3.54. The zero-order valence-electron chi connectivity index (χ0n) is 11.4. The Balaban J connectivity index is 0.000000360. The van der Waals surface area contributed by atoms with Crippen molar-refractivity contribution in [2.75, 3.05) is 0 Å². The van der Waals surface area contributed by atoms with Crippen molar-refractivity contribution >= 4 is 19.4 Å². The van der Waals surface area contributed by atoms with Gasteiger partial charge in [-0.2, -0.15) is 8.42 Å². The van der Waals surface area contributed by atoms with E-state index in [0.29, 0.717) is 0 Å². The molecule has 0 aliphatic heterocycles. The van der Waals surface area contributed by atoms with Crippen molar-refractivity contribution in [2.24, 2.45) is 5.92 Å². The summed E-state index contributed by atoms with van der Waals surface area (Å²) in [4.78, 5) is -0.0666. The van der Waals surface area contributed by atoms with Crippen molar-refractivity contribution in [3.8, 4) is 0 Å². The largest absolute Gasteiger partial charge is 0.294 e. The van der Waals surface area contributed by atoms with Gasteiger partial charge in [0.1, 0.15) is 0 Å². The molecule has 18 heavy (non-hydrogen) atoms. The molecule has 3 nitrogen and oxygen atoms in total. The molecule has 0 saturated carbocycles. The Bertz CT molecular complexity index is 430. The first-order valence-corrected chi connectivity index (χ1v) is 8.03. The third-order valence-corrected chi connectivity index (χ3v) is 3.30. The second-order valence-corrected chi connectivity index (χ2v) is 7.45. The van der Waals surface area contributed by atoms with Crippen LogP contribution in [0.1, 0.15) is 32.8 Å². The second-order valence-electron chi connectivity index (χ2n) is 4.89. The maximum atomic E-state index is 10.5. The average molecular weight is 290 g/mol. The highest BCUT2D eigenvalue weighted by Crippen LogP contribution is 2.10. The lowest BCUT2D eigenvalue weighted by molar-refractivity contribution is 0.483. The highest BCUT2D eigenvalue weighted by atomic mass is 32.2. The van der Waals surface area contributed by atoms with Crippen LogP contribution < -0.4 is 0 Å². The van der Waals surface area contributed by atoms with Crippen LogP contribution in [0.5, 0.6) is 0 Å². The summed E-state index contributed by atoms with van der Waals surface area (Å²) < 4.78 is 29.6. The van der Waals surface area contributed by atoms with Gasteiger partial charge in [0.15, 0.2) is 0 Å². The first kappa shape index (κ1) is 17.6. The summed E-state index contributed by atoms with van der Waals surface area (Å²) in [5.41, 5.74) is 1.75. The smallest absolute Gasteiger partial charge is 0.282 e. The molecule has 1 N–H and O–H groups in total. The Hall–Kier alpha value is -0.440. The molecule has 0 bridgehead atoms. The SMILES string of the molecule is CC(C)CC(C)P.Cc1ccc(S(=O)(=O)O)cc1. The van der Waals surface area contributed by atoms with Crippen molar-refractivity contribution in [3.63, 3.8) is 0 Å². The van der Waals surface area contributed by atoms with Crippen LogP contribution in [0.2, 0.25) is 0 Å². The van der Waals surface area contributed by atoms with Gasteiger partial charge < -0.3 is 0 Å². The molecule has 0 amide bonds. The molecule has 0 spiro atoms. The molecule has 1 rings (SSSR count). The highest BCUT2D eigenvalue weighted by Gasteiger charge is 2.06. The Morgan fingerprint density at radius 1 is 1.17 bits per heavy atom. The van der Waals surface area contributed by atoms with Gasteiger partial charge in [0, 0.05) is 0 Å². The minimum Gasteiger partial charge on any atom is -0.282 e. The maximum absolute atomic E-state index is 10.5. The van der Waals surface area contributed by atoms with Gasteiger partial charge in [-0.05, 0) is 37.1 Å². The highest BCUT2D eigenvalue weighted by molar-refractivity contribution is 7.85. The maximum Gasteiger partial charge on any atom is 0.294 e. The first-order valence-electron chi connectivity index (χ1n) is 5.92. The van der Waals surface area contributed by atoms with E-state index in [9.17, 15) is 8.42 Å². The molecule has 0 saturated heterocycles. The minimum absolute atomic E-state index is 0.0666. The van der Waals surface area contributed by atoms with Gasteiger partial charge in [-0.3, -0.25) is 4.55 Å². The average Bonchev–Trinajstić information content (AvgIpc) is 2.15. The standard InChI is InChI=1S/C7H8O3S.C6H15P/c1-6-2-4-7(5-3-6)11(8,9)10;1-5(2)4-6(3)7/h2-5H,1H3,(H,8,9,10);5-6H,4,7H2,1-3H3. The summed E-state index contributed by atoms with van der Waals surface area (Å²) in [5, 5.41) is 0. The van der Waals surface area contributed by atoms with Crippen LogP contribution in [0, 0.1) is 12.8 Å². The van der Waals surface area contributed by atoms with Crippen molar-refractivity contribution in [3.05, 3.63) is 29.8 Å². The van der Waals surface area contributed by atoms with Crippen molar-refractivity contribution in [1.29, 1.82) is 0 Å². The lowest BCUT2D eigenvalue weighted by atomic mass is 10.1. The number of aryl methyl sites for hydroxylation is 1. The summed E-state index contributed by atoms with van der Waals surface area (Å²) in [6.07, 6.45) is 1.32. The summed E-state index contributed by atoms with van der Waals surface area (Å²) in [5.74, 6) is 0.854. The normalized spacial score (nSPS) is 12.8. The van der Waals surface area contributed by atoms with Gasteiger partial charge in [0.05, 0.1) is 4.90 Å². The zero-order valence-corrected chi connectivity index (χ0v) is 13.4. The van der Waals surface area contributed by atoms with E-state index < -0.39 is 10.1 Å².